The summed E-state index contributed by atoms with van der Waals surface area (Å²) in [5.74, 6) is 6.40. The summed E-state index contributed by atoms with van der Waals surface area (Å²) in [6.45, 7) is 9.22. The molecular weight excluding hydrogens is 516 g/mol. The number of amides is 2. The number of carbonyl (C=O) groups excluding carboxylic acids is 2. The van der Waals surface area contributed by atoms with Gasteiger partial charge in [-0.15, -0.1) is 5.92 Å². The number of pyridine rings is 1. The van der Waals surface area contributed by atoms with Crippen LogP contribution in [0.25, 0.3) is 21.7 Å². The van der Waals surface area contributed by atoms with E-state index in [1.165, 1.54) is 0 Å². The first kappa shape index (κ1) is 28.0. The number of rotatable bonds is 6. The topological polar surface area (TPSA) is 101 Å². The Labute approximate surface area is 240 Å². The van der Waals surface area contributed by atoms with E-state index in [0.717, 1.165) is 46.8 Å². The van der Waals surface area contributed by atoms with Gasteiger partial charge in [-0.25, -0.2) is 9.78 Å². The number of para-hydroxylation sites is 1. The number of carbonyl (C=O) groups is 2. The molecule has 0 spiro atoms. The second kappa shape index (κ2) is 11.9. The van der Waals surface area contributed by atoms with Crippen molar-refractivity contribution in [1.29, 1.82) is 0 Å². The fourth-order valence-electron chi connectivity index (χ4n) is 5.23. The normalized spacial score (nSPS) is 15.3. The van der Waals surface area contributed by atoms with E-state index in [9.17, 15) is 9.59 Å². The molecule has 0 saturated carbocycles. The first-order valence-electron chi connectivity index (χ1n) is 14.0. The van der Waals surface area contributed by atoms with E-state index in [0.29, 0.717) is 24.7 Å². The molecule has 1 fully saturated rings. The monoisotopic (exact) mass is 552 g/mol. The van der Waals surface area contributed by atoms with Crippen LogP contribution in [0.3, 0.4) is 0 Å². The van der Waals surface area contributed by atoms with Gasteiger partial charge in [0.15, 0.2) is 0 Å². The molecule has 0 radical (unpaired) electrons. The maximum atomic E-state index is 13.5. The van der Waals surface area contributed by atoms with E-state index in [1.807, 2.05) is 61.7 Å². The molecular formula is C32H36N6O3. The van der Waals surface area contributed by atoms with Crippen molar-refractivity contribution in [2.24, 2.45) is 0 Å². The van der Waals surface area contributed by atoms with Gasteiger partial charge in [0, 0.05) is 29.9 Å². The molecule has 1 aliphatic rings. The van der Waals surface area contributed by atoms with Crippen LogP contribution >= 0.6 is 0 Å². The summed E-state index contributed by atoms with van der Waals surface area (Å²) in [6, 6.07) is 16.1. The number of ether oxygens (including phenoxy) is 1. The number of fused-ring (bicyclic) bond motifs is 3. The van der Waals surface area contributed by atoms with Gasteiger partial charge >= 0.3 is 6.09 Å². The predicted molar refractivity (Wildman–Crippen MR) is 161 cm³/mol. The lowest BCUT2D eigenvalue weighted by molar-refractivity contribution is 0.0499. The number of aromatic nitrogens is 3. The molecule has 0 bridgehead atoms. The molecule has 1 saturated heterocycles. The number of hydrogen-bond donors (Lipinski definition) is 2. The number of benzene rings is 2. The van der Waals surface area contributed by atoms with E-state index < -0.39 is 11.7 Å². The molecule has 5 rings (SSSR count). The summed E-state index contributed by atoms with van der Waals surface area (Å²) in [5, 5.41) is 9.23. The summed E-state index contributed by atoms with van der Waals surface area (Å²) in [6.07, 6.45) is 2.87. The average Bonchev–Trinajstić information content (AvgIpc) is 3.37. The fraction of sp³-hybridized carbons (Fsp3) is 0.375. The Balaban J connectivity index is 1.35. The molecule has 2 amide bonds. The van der Waals surface area contributed by atoms with E-state index in [1.54, 1.807) is 13.1 Å². The number of alkyl carbamates (subject to hydrolysis) is 1. The third-order valence-corrected chi connectivity index (χ3v) is 7.01. The highest BCUT2D eigenvalue weighted by Crippen LogP contribution is 2.26. The van der Waals surface area contributed by atoms with Crippen LogP contribution in [0, 0.1) is 11.8 Å². The number of nitrogens with zero attached hydrogens (tertiary/aromatic N) is 4. The Bertz CT molecular complexity index is 1640. The van der Waals surface area contributed by atoms with Gasteiger partial charge in [-0.3, -0.25) is 14.3 Å². The van der Waals surface area contributed by atoms with Gasteiger partial charge in [0.05, 0.1) is 30.5 Å². The van der Waals surface area contributed by atoms with E-state index in [-0.39, 0.29) is 18.5 Å². The molecule has 1 atom stereocenters. The Morgan fingerprint density at radius 1 is 1.07 bits per heavy atom. The van der Waals surface area contributed by atoms with Gasteiger partial charge in [0.25, 0.3) is 5.91 Å². The highest BCUT2D eigenvalue weighted by molar-refractivity contribution is 6.06. The SMILES string of the molecule is CC#CCn1c(C(=O)NCc2nc3ccccc3c3ccccc23)cnc1N1CCCC(NC(=O)OC(C)(C)C)C1. The van der Waals surface area contributed by atoms with Gasteiger partial charge in [0.1, 0.15) is 11.3 Å². The number of imidazole rings is 1. The van der Waals surface area contributed by atoms with Crippen LogP contribution in [-0.4, -0.2) is 51.3 Å². The molecule has 212 valence electrons. The Morgan fingerprint density at radius 3 is 2.56 bits per heavy atom. The minimum Gasteiger partial charge on any atom is -0.444 e. The lowest BCUT2D eigenvalue weighted by atomic mass is 10.0. The Morgan fingerprint density at radius 2 is 1.80 bits per heavy atom. The lowest BCUT2D eigenvalue weighted by Crippen LogP contribution is -2.49. The standard InChI is InChI=1S/C32H36N6O3/c1-5-6-18-38-28(20-34-30(38)37-17-11-12-22(21-37)35-31(40)41-32(2,3)4)29(39)33-19-27-25-15-8-7-13-23(25)24-14-9-10-16-26(24)36-27/h7-10,13-16,20,22H,11-12,17-19,21H2,1-4H3,(H,33,39)(H,35,40). The van der Waals surface area contributed by atoms with Crippen molar-refractivity contribution in [2.75, 3.05) is 18.0 Å². The summed E-state index contributed by atoms with van der Waals surface area (Å²) >= 11 is 0. The quantitative estimate of drug-likeness (QED) is 0.257. The van der Waals surface area contributed by atoms with Crippen molar-refractivity contribution in [2.45, 2.75) is 65.3 Å². The van der Waals surface area contributed by atoms with Crippen molar-refractivity contribution in [3.8, 4) is 11.8 Å². The molecule has 2 N–H and O–H groups in total. The van der Waals surface area contributed by atoms with Crippen LogP contribution in [0.4, 0.5) is 10.7 Å². The summed E-state index contributed by atoms with van der Waals surface area (Å²) in [4.78, 5) is 37.5. The van der Waals surface area contributed by atoms with Crippen LogP contribution in [0.5, 0.6) is 0 Å². The van der Waals surface area contributed by atoms with Crippen molar-refractivity contribution in [3.63, 3.8) is 0 Å². The highest BCUT2D eigenvalue weighted by atomic mass is 16.6. The number of hydrogen-bond acceptors (Lipinski definition) is 6. The van der Waals surface area contributed by atoms with Crippen LogP contribution in [0.1, 0.15) is 56.7 Å². The summed E-state index contributed by atoms with van der Waals surface area (Å²) in [7, 11) is 0. The zero-order valence-corrected chi connectivity index (χ0v) is 24.0. The van der Waals surface area contributed by atoms with E-state index in [4.69, 9.17) is 9.72 Å². The first-order chi connectivity index (χ1) is 19.7. The lowest BCUT2D eigenvalue weighted by Gasteiger charge is -2.34. The van der Waals surface area contributed by atoms with Crippen molar-refractivity contribution >= 4 is 39.6 Å². The second-order valence-electron chi connectivity index (χ2n) is 11.2. The third kappa shape index (κ3) is 6.43. The maximum absolute atomic E-state index is 13.5. The zero-order valence-electron chi connectivity index (χ0n) is 24.0. The molecule has 1 unspecified atom stereocenters. The minimum absolute atomic E-state index is 0.0921. The zero-order chi connectivity index (χ0) is 29.0. The summed E-state index contributed by atoms with van der Waals surface area (Å²) < 4.78 is 7.28. The average molecular weight is 553 g/mol. The molecule has 3 heterocycles. The van der Waals surface area contributed by atoms with Gasteiger partial charge in [-0.2, -0.15) is 0 Å². The fourth-order valence-corrected chi connectivity index (χ4v) is 5.23. The number of anilines is 1. The Hall–Kier alpha value is -4.58. The minimum atomic E-state index is -0.565. The smallest absolute Gasteiger partial charge is 0.407 e. The Kier molecular flexibility index (Phi) is 8.11. The van der Waals surface area contributed by atoms with Gasteiger partial charge in [-0.1, -0.05) is 48.4 Å². The molecule has 9 heteroatoms. The molecule has 9 nitrogen and oxygen atoms in total. The molecule has 0 aliphatic carbocycles. The molecule has 41 heavy (non-hydrogen) atoms. The third-order valence-electron chi connectivity index (χ3n) is 7.01. The largest absolute Gasteiger partial charge is 0.444 e. The predicted octanol–water partition coefficient (Wildman–Crippen LogP) is 5.03. The number of nitrogens with one attached hydrogen (secondary N) is 2. The van der Waals surface area contributed by atoms with Gasteiger partial charge in [0.2, 0.25) is 5.95 Å². The van der Waals surface area contributed by atoms with Crippen LogP contribution < -0.4 is 15.5 Å². The van der Waals surface area contributed by atoms with Crippen LogP contribution in [0.2, 0.25) is 0 Å². The van der Waals surface area contributed by atoms with Crippen molar-refractivity contribution < 1.29 is 14.3 Å². The molecule has 1 aliphatic heterocycles. The maximum Gasteiger partial charge on any atom is 0.407 e. The van der Waals surface area contributed by atoms with E-state index >= 15 is 0 Å². The number of piperidine rings is 1. The van der Waals surface area contributed by atoms with Gasteiger partial charge < -0.3 is 20.3 Å². The highest BCUT2D eigenvalue weighted by Gasteiger charge is 2.28. The van der Waals surface area contributed by atoms with Gasteiger partial charge in [-0.05, 0) is 52.0 Å². The molecule has 4 aromatic rings. The summed E-state index contributed by atoms with van der Waals surface area (Å²) in [5.41, 5.74) is 1.56. The second-order valence-corrected chi connectivity index (χ2v) is 11.2. The molecule has 2 aromatic carbocycles. The van der Waals surface area contributed by atoms with Crippen molar-refractivity contribution in [1.82, 2.24) is 25.2 Å². The van der Waals surface area contributed by atoms with Crippen LogP contribution in [0.15, 0.2) is 54.7 Å². The molecule has 2 aromatic heterocycles. The van der Waals surface area contributed by atoms with Crippen molar-refractivity contribution in [3.05, 3.63) is 66.1 Å². The van der Waals surface area contributed by atoms with Crippen LogP contribution in [-0.2, 0) is 17.8 Å². The van der Waals surface area contributed by atoms with E-state index in [2.05, 4.69) is 44.5 Å². The first-order valence-corrected chi connectivity index (χ1v) is 14.0.